The highest BCUT2D eigenvalue weighted by molar-refractivity contribution is 5.94. The van der Waals surface area contributed by atoms with Crippen LogP contribution in [0.25, 0.3) is 0 Å². The van der Waals surface area contributed by atoms with E-state index >= 15 is 0 Å². The Bertz CT molecular complexity index is 476. The Morgan fingerprint density at radius 1 is 1.30 bits per heavy atom. The number of aliphatic carboxylic acids is 1. The third kappa shape index (κ3) is 5.94. The normalized spacial score (nSPS) is 11.4. The Kier molecular flexibility index (Phi) is 6.15. The predicted molar refractivity (Wildman–Crippen MR) is 70.8 cm³/mol. The van der Waals surface area contributed by atoms with Gasteiger partial charge in [-0.3, -0.25) is 19.9 Å². The first-order valence-corrected chi connectivity index (χ1v) is 6.22. The van der Waals surface area contributed by atoms with Gasteiger partial charge in [-0.25, -0.2) is 4.79 Å². The highest BCUT2D eigenvalue weighted by Crippen LogP contribution is 2.07. The minimum Gasteiger partial charge on any atom is -0.481 e. The van der Waals surface area contributed by atoms with Crippen molar-refractivity contribution in [2.24, 2.45) is 0 Å². The van der Waals surface area contributed by atoms with E-state index in [1.165, 1.54) is 0 Å². The summed E-state index contributed by atoms with van der Waals surface area (Å²) < 4.78 is 0. The number of carbonyl (C=O) groups excluding carboxylic acids is 2. The zero-order valence-electron chi connectivity index (χ0n) is 11.1. The number of nitrogens with zero attached hydrogens (tertiary/aromatic N) is 1. The molecular weight excluding hydrogens is 262 g/mol. The van der Waals surface area contributed by atoms with Gasteiger partial charge in [0.15, 0.2) is 0 Å². The van der Waals surface area contributed by atoms with Gasteiger partial charge in [0.25, 0.3) is 0 Å². The monoisotopic (exact) mass is 279 g/mol. The number of hydrogen-bond donors (Lipinski definition) is 3. The Morgan fingerprint density at radius 2 is 2.05 bits per heavy atom. The number of amides is 3. The lowest BCUT2D eigenvalue weighted by atomic mass is 10.2. The van der Waals surface area contributed by atoms with Crippen molar-refractivity contribution in [1.82, 2.24) is 15.6 Å². The molecule has 0 aromatic carbocycles. The Balaban J connectivity index is 2.32. The molecule has 0 aliphatic rings. The molecule has 0 aliphatic heterocycles. The van der Waals surface area contributed by atoms with Crippen molar-refractivity contribution in [2.75, 3.05) is 0 Å². The number of hydrogen-bond acceptors (Lipinski definition) is 4. The fraction of sp³-hybridized carbons (Fsp3) is 0.385. The van der Waals surface area contributed by atoms with Crippen molar-refractivity contribution in [1.29, 1.82) is 0 Å². The molecule has 7 heteroatoms. The van der Waals surface area contributed by atoms with Crippen molar-refractivity contribution in [2.45, 2.75) is 32.2 Å². The average Bonchev–Trinajstić information content (AvgIpc) is 2.38. The molecule has 1 atom stereocenters. The van der Waals surface area contributed by atoms with Gasteiger partial charge in [0.1, 0.15) is 0 Å². The number of pyridine rings is 1. The van der Waals surface area contributed by atoms with E-state index in [0.717, 1.165) is 0 Å². The van der Waals surface area contributed by atoms with Gasteiger partial charge in [-0.1, -0.05) is 6.07 Å². The number of nitrogens with one attached hydrogen (secondary N) is 2. The van der Waals surface area contributed by atoms with Gasteiger partial charge in [-0.15, -0.1) is 0 Å². The summed E-state index contributed by atoms with van der Waals surface area (Å²) in [6, 6.07) is 4.38. The molecule has 0 saturated heterocycles. The van der Waals surface area contributed by atoms with Crippen LogP contribution in [0.15, 0.2) is 24.4 Å². The van der Waals surface area contributed by atoms with E-state index in [1.54, 1.807) is 31.3 Å². The summed E-state index contributed by atoms with van der Waals surface area (Å²) in [6.45, 7) is 1.75. The molecule has 1 aromatic rings. The van der Waals surface area contributed by atoms with Crippen LogP contribution in [0, 0.1) is 0 Å². The number of carboxylic acid groups (broad SMARTS) is 1. The smallest absolute Gasteiger partial charge is 0.321 e. The van der Waals surface area contributed by atoms with E-state index in [2.05, 4.69) is 15.6 Å². The highest BCUT2D eigenvalue weighted by atomic mass is 16.4. The molecule has 3 N–H and O–H groups in total. The van der Waals surface area contributed by atoms with Crippen molar-refractivity contribution in [3.05, 3.63) is 30.1 Å². The number of rotatable bonds is 6. The van der Waals surface area contributed by atoms with E-state index in [0.29, 0.717) is 5.69 Å². The first-order valence-electron chi connectivity index (χ1n) is 6.22. The summed E-state index contributed by atoms with van der Waals surface area (Å²) in [5.74, 6) is -1.47. The van der Waals surface area contributed by atoms with E-state index in [-0.39, 0.29) is 25.3 Å². The average molecular weight is 279 g/mol. The third-order valence-corrected chi connectivity index (χ3v) is 2.53. The molecule has 0 aliphatic carbocycles. The number of aromatic nitrogens is 1. The predicted octanol–water partition coefficient (Wildman–Crippen LogP) is 1.22. The van der Waals surface area contributed by atoms with Gasteiger partial charge < -0.3 is 10.4 Å². The molecule has 20 heavy (non-hydrogen) atoms. The molecule has 108 valence electrons. The second-order valence-electron chi connectivity index (χ2n) is 4.25. The second kappa shape index (κ2) is 7.88. The molecular formula is C13H17N3O4. The molecule has 0 radical (unpaired) electrons. The number of carbonyl (C=O) groups is 3. The first kappa shape index (κ1) is 15.6. The zero-order chi connectivity index (χ0) is 15.0. The quantitative estimate of drug-likeness (QED) is 0.725. The number of imide groups is 1. The fourth-order valence-electron chi connectivity index (χ4n) is 1.53. The topological polar surface area (TPSA) is 108 Å². The van der Waals surface area contributed by atoms with Gasteiger partial charge in [0, 0.05) is 19.0 Å². The summed E-state index contributed by atoms with van der Waals surface area (Å²) in [6.07, 6.45) is 1.71. The van der Waals surface area contributed by atoms with Crippen LogP contribution < -0.4 is 10.6 Å². The van der Waals surface area contributed by atoms with Crippen LogP contribution in [-0.4, -0.2) is 28.0 Å². The van der Waals surface area contributed by atoms with Gasteiger partial charge >= 0.3 is 12.0 Å². The van der Waals surface area contributed by atoms with Crippen molar-refractivity contribution in [3.63, 3.8) is 0 Å². The maximum absolute atomic E-state index is 11.5. The summed E-state index contributed by atoms with van der Waals surface area (Å²) >= 11 is 0. The van der Waals surface area contributed by atoms with E-state index in [4.69, 9.17) is 5.11 Å². The van der Waals surface area contributed by atoms with Crippen LogP contribution in [0.3, 0.4) is 0 Å². The Labute approximate surface area is 116 Å². The lowest BCUT2D eigenvalue weighted by Crippen LogP contribution is -2.40. The molecule has 3 amide bonds. The summed E-state index contributed by atoms with van der Waals surface area (Å²) in [5.41, 5.74) is 0.681. The van der Waals surface area contributed by atoms with Gasteiger partial charge in [-0.05, 0) is 25.5 Å². The first-order chi connectivity index (χ1) is 9.49. The molecule has 1 aromatic heterocycles. The molecule has 0 fully saturated rings. The van der Waals surface area contributed by atoms with Gasteiger partial charge in [0.05, 0.1) is 11.7 Å². The van der Waals surface area contributed by atoms with Crippen molar-refractivity contribution < 1.29 is 19.5 Å². The number of carboxylic acids is 1. The van der Waals surface area contributed by atoms with Crippen LogP contribution in [-0.2, 0) is 9.59 Å². The third-order valence-electron chi connectivity index (χ3n) is 2.53. The van der Waals surface area contributed by atoms with Crippen molar-refractivity contribution in [3.8, 4) is 0 Å². The summed E-state index contributed by atoms with van der Waals surface area (Å²) in [4.78, 5) is 37.3. The second-order valence-corrected chi connectivity index (χ2v) is 4.25. The Hall–Kier alpha value is -2.44. The minimum atomic E-state index is -0.967. The van der Waals surface area contributed by atoms with Crippen LogP contribution in [0.1, 0.15) is 37.9 Å². The van der Waals surface area contributed by atoms with Crippen molar-refractivity contribution >= 4 is 17.9 Å². The molecule has 1 rings (SSSR count). The maximum atomic E-state index is 11.5. The lowest BCUT2D eigenvalue weighted by molar-refractivity contribution is -0.137. The largest absolute Gasteiger partial charge is 0.481 e. The molecule has 1 heterocycles. The van der Waals surface area contributed by atoms with Crippen LogP contribution in [0.2, 0.25) is 0 Å². The van der Waals surface area contributed by atoms with E-state index < -0.39 is 17.9 Å². The molecule has 0 spiro atoms. The van der Waals surface area contributed by atoms with Crippen LogP contribution in [0.4, 0.5) is 4.79 Å². The lowest BCUT2D eigenvalue weighted by Gasteiger charge is -2.13. The maximum Gasteiger partial charge on any atom is 0.321 e. The molecule has 0 saturated carbocycles. The van der Waals surface area contributed by atoms with Gasteiger partial charge in [0.2, 0.25) is 5.91 Å². The summed E-state index contributed by atoms with van der Waals surface area (Å²) in [5, 5.41) is 13.2. The molecule has 0 bridgehead atoms. The highest BCUT2D eigenvalue weighted by Gasteiger charge is 2.12. The minimum absolute atomic E-state index is 0.00229. The number of urea groups is 1. The van der Waals surface area contributed by atoms with E-state index in [1.807, 2.05) is 0 Å². The Morgan fingerprint density at radius 3 is 2.65 bits per heavy atom. The van der Waals surface area contributed by atoms with Crippen LogP contribution in [0.5, 0.6) is 0 Å². The summed E-state index contributed by atoms with van der Waals surface area (Å²) in [7, 11) is 0. The van der Waals surface area contributed by atoms with Crippen LogP contribution >= 0.6 is 0 Å². The van der Waals surface area contributed by atoms with Gasteiger partial charge in [-0.2, -0.15) is 0 Å². The van der Waals surface area contributed by atoms with E-state index in [9.17, 15) is 14.4 Å². The fourth-order valence-corrected chi connectivity index (χ4v) is 1.53. The molecule has 7 nitrogen and oxygen atoms in total. The molecule has 1 unspecified atom stereocenters. The standard InChI is InChI=1S/C13H17N3O4/c1-9(10-5-2-3-8-14-10)15-13(20)16-11(17)6-4-7-12(18)19/h2-3,5,8-9H,4,6-7H2,1H3,(H,18,19)(H2,15,16,17,20). The SMILES string of the molecule is CC(NC(=O)NC(=O)CCCC(=O)O)c1ccccn1. The zero-order valence-corrected chi connectivity index (χ0v) is 11.1.